The monoisotopic (exact) mass is 242 g/mol. The van der Waals surface area contributed by atoms with Crippen LogP contribution < -0.4 is 0 Å². The Labute approximate surface area is 77.7 Å². The maximum Gasteiger partial charge on any atom is 0.170 e. The summed E-state index contributed by atoms with van der Waals surface area (Å²) in [6, 6.07) is 0. The SMILES string of the molecule is OCC1O[C@@H](O)[C@H](Br)C(O)[C@H]1O. The fourth-order valence-corrected chi connectivity index (χ4v) is 1.50. The number of aliphatic hydroxyl groups is 4. The predicted octanol–water partition coefficient (Wildman–Crippen LogP) is -1.82. The quantitative estimate of drug-likeness (QED) is 0.407. The van der Waals surface area contributed by atoms with Gasteiger partial charge in [0.2, 0.25) is 0 Å². The molecule has 1 rings (SSSR count). The van der Waals surface area contributed by atoms with Crippen molar-refractivity contribution in [2.75, 3.05) is 6.61 Å². The van der Waals surface area contributed by atoms with Crippen molar-refractivity contribution in [1.29, 1.82) is 0 Å². The summed E-state index contributed by atoms with van der Waals surface area (Å²) in [4.78, 5) is -0.727. The highest BCUT2D eigenvalue weighted by Gasteiger charge is 2.42. The van der Waals surface area contributed by atoms with Gasteiger partial charge in [-0.15, -0.1) is 0 Å². The first-order valence-electron chi connectivity index (χ1n) is 3.52. The Kier molecular flexibility index (Phi) is 3.45. The zero-order valence-electron chi connectivity index (χ0n) is 6.17. The molecule has 2 unspecified atom stereocenters. The lowest BCUT2D eigenvalue weighted by Crippen LogP contribution is -2.56. The molecule has 6 heteroatoms. The van der Waals surface area contributed by atoms with Crippen LogP contribution in [0.25, 0.3) is 0 Å². The fourth-order valence-electron chi connectivity index (χ4n) is 1.06. The van der Waals surface area contributed by atoms with Crippen LogP contribution in [0.15, 0.2) is 0 Å². The van der Waals surface area contributed by atoms with Crippen LogP contribution in [0.2, 0.25) is 0 Å². The summed E-state index contributed by atoms with van der Waals surface area (Å²) in [6.45, 7) is -0.436. The number of alkyl halides is 1. The molecule has 0 aliphatic carbocycles. The number of ether oxygens (including phenoxy) is 1. The Hall–Kier alpha value is 0.280. The average Bonchev–Trinajstić information content (AvgIpc) is 2.08. The van der Waals surface area contributed by atoms with Gasteiger partial charge in [0.25, 0.3) is 0 Å². The molecule has 1 aliphatic heterocycles. The van der Waals surface area contributed by atoms with Crippen LogP contribution in [0, 0.1) is 0 Å². The summed E-state index contributed by atoms with van der Waals surface area (Å²) in [7, 11) is 0. The van der Waals surface area contributed by atoms with E-state index in [1.165, 1.54) is 0 Å². The molecule has 0 aromatic carbocycles. The molecule has 0 saturated carbocycles. The van der Waals surface area contributed by atoms with Crippen molar-refractivity contribution in [1.82, 2.24) is 0 Å². The second-order valence-electron chi connectivity index (χ2n) is 2.67. The fraction of sp³-hybridized carbons (Fsp3) is 1.00. The number of hydrogen-bond acceptors (Lipinski definition) is 5. The largest absolute Gasteiger partial charge is 0.394 e. The van der Waals surface area contributed by atoms with E-state index in [0.717, 1.165) is 0 Å². The van der Waals surface area contributed by atoms with Gasteiger partial charge in [-0.1, -0.05) is 15.9 Å². The van der Waals surface area contributed by atoms with Crippen molar-refractivity contribution >= 4 is 15.9 Å². The highest BCUT2D eigenvalue weighted by Crippen LogP contribution is 2.24. The van der Waals surface area contributed by atoms with Crippen molar-refractivity contribution < 1.29 is 25.2 Å². The van der Waals surface area contributed by atoms with Crippen LogP contribution in [-0.2, 0) is 4.74 Å². The smallest absolute Gasteiger partial charge is 0.170 e. The first kappa shape index (κ1) is 10.4. The van der Waals surface area contributed by atoms with E-state index in [1.807, 2.05) is 0 Å². The van der Waals surface area contributed by atoms with E-state index in [2.05, 4.69) is 15.9 Å². The Bertz CT molecular complexity index is 150. The third-order valence-electron chi connectivity index (χ3n) is 1.82. The van der Waals surface area contributed by atoms with Crippen LogP contribution in [0.1, 0.15) is 0 Å². The van der Waals surface area contributed by atoms with E-state index < -0.39 is 36.0 Å². The second kappa shape index (κ2) is 3.99. The van der Waals surface area contributed by atoms with Gasteiger partial charge in [-0.3, -0.25) is 0 Å². The Morgan fingerprint density at radius 1 is 1.17 bits per heavy atom. The van der Waals surface area contributed by atoms with E-state index in [0.29, 0.717) is 0 Å². The molecule has 0 aromatic rings. The van der Waals surface area contributed by atoms with Crippen LogP contribution >= 0.6 is 15.9 Å². The van der Waals surface area contributed by atoms with E-state index >= 15 is 0 Å². The first-order valence-corrected chi connectivity index (χ1v) is 4.44. The van der Waals surface area contributed by atoms with Crippen LogP contribution in [-0.4, -0.2) is 56.5 Å². The van der Waals surface area contributed by atoms with E-state index in [-0.39, 0.29) is 0 Å². The molecule has 5 atom stereocenters. The van der Waals surface area contributed by atoms with E-state index in [9.17, 15) is 10.2 Å². The molecule has 0 spiro atoms. The average molecular weight is 243 g/mol. The highest BCUT2D eigenvalue weighted by atomic mass is 79.9. The lowest BCUT2D eigenvalue weighted by Gasteiger charge is -2.37. The molecule has 1 fully saturated rings. The minimum absolute atomic E-state index is 0.436. The molecular weight excluding hydrogens is 232 g/mol. The molecule has 1 saturated heterocycles. The topological polar surface area (TPSA) is 90.2 Å². The van der Waals surface area contributed by atoms with Crippen molar-refractivity contribution in [2.24, 2.45) is 0 Å². The van der Waals surface area contributed by atoms with Gasteiger partial charge in [0.15, 0.2) is 6.29 Å². The standard InChI is InChI=1S/C6H11BrO5/c7-3-5(10)4(9)2(1-8)12-6(3)11/h2-6,8-11H,1H2/t2?,3-,4+,5?,6-/m1/s1. The van der Waals surface area contributed by atoms with E-state index in [4.69, 9.17) is 14.9 Å². The zero-order chi connectivity index (χ0) is 9.30. The Morgan fingerprint density at radius 2 is 1.75 bits per heavy atom. The molecule has 0 radical (unpaired) electrons. The number of halogens is 1. The predicted molar refractivity (Wildman–Crippen MR) is 42.7 cm³/mol. The molecule has 72 valence electrons. The number of rotatable bonds is 1. The second-order valence-corrected chi connectivity index (χ2v) is 3.73. The molecule has 0 bridgehead atoms. The third-order valence-corrected chi connectivity index (χ3v) is 2.82. The van der Waals surface area contributed by atoms with Crippen molar-refractivity contribution in [2.45, 2.75) is 29.4 Å². The van der Waals surface area contributed by atoms with Gasteiger partial charge < -0.3 is 25.2 Å². The minimum atomic E-state index is -1.21. The van der Waals surface area contributed by atoms with Crippen LogP contribution in [0.3, 0.4) is 0 Å². The molecular formula is C6H11BrO5. The Balaban J connectivity index is 2.63. The van der Waals surface area contributed by atoms with Gasteiger partial charge in [0.05, 0.1) is 17.5 Å². The lowest BCUT2D eigenvalue weighted by atomic mass is 10.0. The third kappa shape index (κ3) is 1.78. The molecule has 4 N–H and O–H groups in total. The van der Waals surface area contributed by atoms with Crippen molar-refractivity contribution in [3.8, 4) is 0 Å². The summed E-state index contributed by atoms with van der Waals surface area (Å²) < 4.78 is 4.78. The summed E-state index contributed by atoms with van der Waals surface area (Å²) >= 11 is 2.95. The number of hydrogen-bond donors (Lipinski definition) is 4. The van der Waals surface area contributed by atoms with Crippen molar-refractivity contribution in [3.63, 3.8) is 0 Å². The normalized spacial score (nSPS) is 49.2. The van der Waals surface area contributed by atoms with Gasteiger partial charge in [-0.05, 0) is 0 Å². The minimum Gasteiger partial charge on any atom is -0.394 e. The maximum absolute atomic E-state index is 9.27. The van der Waals surface area contributed by atoms with E-state index in [1.54, 1.807) is 0 Å². The van der Waals surface area contributed by atoms with Gasteiger partial charge in [-0.25, -0.2) is 0 Å². The molecule has 0 amide bonds. The zero-order valence-corrected chi connectivity index (χ0v) is 7.75. The summed E-state index contributed by atoms with van der Waals surface area (Å²) in [5.41, 5.74) is 0. The molecule has 1 heterocycles. The van der Waals surface area contributed by atoms with Crippen LogP contribution in [0.5, 0.6) is 0 Å². The summed E-state index contributed by atoms with van der Waals surface area (Å²) in [6.07, 6.45) is -4.45. The first-order chi connectivity index (χ1) is 5.57. The Morgan fingerprint density at radius 3 is 2.25 bits per heavy atom. The number of aliphatic hydroxyl groups excluding tert-OH is 4. The molecule has 1 aliphatic rings. The summed E-state index contributed by atoms with van der Waals surface area (Å²) in [5.74, 6) is 0. The van der Waals surface area contributed by atoms with Gasteiger partial charge in [0.1, 0.15) is 12.2 Å². The molecule has 0 aromatic heterocycles. The van der Waals surface area contributed by atoms with Crippen LogP contribution in [0.4, 0.5) is 0 Å². The highest BCUT2D eigenvalue weighted by molar-refractivity contribution is 9.09. The van der Waals surface area contributed by atoms with Gasteiger partial charge >= 0.3 is 0 Å². The molecule has 12 heavy (non-hydrogen) atoms. The van der Waals surface area contributed by atoms with Gasteiger partial charge in [-0.2, -0.15) is 0 Å². The van der Waals surface area contributed by atoms with Gasteiger partial charge in [0, 0.05) is 0 Å². The molecule has 5 nitrogen and oxygen atoms in total. The lowest BCUT2D eigenvalue weighted by molar-refractivity contribution is -0.233. The maximum atomic E-state index is 9.27. The summed E-state index contributed by atoms with van der Waals surface area (Å²) in [5, 5.41) is 36.3. The van der Waals surface area contributed by atoms with Crippen molar-refractivity contribution in [3.05, 3.63) is 0 Å².